The van der Waals surface area contributed by atoms with Crippen molar-refractivity contribution in [3.05, 3.63) is 0 Å². The lowest BCUT2D eigenvalue weighted by molar-refractivity contribution is 0.180. The number of hydrogen-bond donors (Lipinski definition) is 1. The minimum absolute atomic E-state index is 0.406. The minimum Gasteiger partial charge on any atom is -0.319 e. The average Bonchev–Trinajstić information content (AvgIpc) is 2.10. The molecule has 0 aromatic carbocycles. The molecule has 1 nitrogen and oxygen atoms in total. The molecule has 1 rings (SSSR count). The van der Waals surface area contributed by atoms with Crippen LogP contribution >= 0.6 is 11.6 Å². The predicted molar refractivity (Wildman–Crippen MR) is 54.7 cm³/mol. The fourth-order valence-corrected chi connectivity index (χ4v) is 2.47. The fraction of sp³-hybridized carbons (Fsp3) is 1.00. The van der Waals surface area contributed by atoms with Gasteiger partial charge in [0.25, 0.3) is 0 Å². The maximum atomic E-state index is 6.02. The Morgan fingerprint density at radius 3 is 2.42 bits per heavy atom. The molecule has 72 valence electrons. The molecule has 0 aromatic heterocycles. The second kappa shape index (κ2) is 4.48. The molecule has 0 radical (unpaired) electrons. The Morgan fingerprint density at radius 2 is 2.00 bits per heavy atom. The third kappa shape index (κ3) is 2.37. The van der Waals surface area contributed by atoms with Crippen LogP contribution in [0.15, 0.2) is 0 Å². The normalized spacial score (nSPS) is 36.8. The molecule has 0 atom stereocenters. The Kier molecular flexibility index (Phi) is 3.85. The molecule has 1 aliphatic rings. The van der Waals surface area contributed by atoms with E-state index < -0.39 is 0 Å². The first-order valence-corrected chi connectivity index (χ1v) is 5.46. The van der Waals surface area contributed by atoms with Crippen molar-refractivity contribution in [3.8, 4) is 0 Å². The van der Waals surface area contributed by atoms with Crippen molar-refractivity contribution in [2.45, 2.75) is 32.6 Å². The Bertz CT molecular complexity index is 128. The monoisotopic (exact) mass is 189 g/mol. The van der Waals surface area contributed by atoms with Gasteiger partial charge in [0.05, 0.1) is 0 Å². The van der Waals surface area contributed by atoms with Crippen LogP contribution in [0.3, 0.4) is 0 Å². The molecule has 0 aromatic rings. The summed E-state index contributed by atoms with van der Waals surface area (Å²) in [5, 5.41) is 3.26. The van der Waals surface area contributed by atoms with Gasteiger partial charge in [0, 0.05) is 12.4 Å². The van der Waals surface area contributed by atoms with Crippen LogP contribution in [0.4, 0.5) is 0 Å². The van der Waals surface area contributed by atoms with Gasteiger partial charge in [0.1, 0.15) is 0 Å². The molecule has 1 fully saturated rings. The molecular weight excluding hydrogens is 170 g/mol. The maximum Gasteiger partial charge on any atom is 0.0292 e. The number of rotatable bonds is 3. The van der Waals surface area contributed by atoms with Crippen molar-refractivity contribution in [1.82, 2.24) is 5.32 Å². The highest BCUT2D eigenvalue weighted by atomic mass is 35.5. The largest absolute Gasteiger partial charge is 0.319 e. The summed E-state index contributed by atoms with van der Waals surface area (Å²) in [5.41, 5.74) is 0.406. The second-order valence-corrected chi connectivity index (χ2v) is 4.61. The average molecular weight is 190 g/mol. The van der Waals surface area contributed by atoms with Gasteiger partial charge < -0.3 is 5.32 Å². The van der Waals surface area contributed by atoms with Gasteiger partial charge in [0.15, 0.2) is 0 Å². The molecule has 12 heavy (non-hydrogen) atoms. The lowest BCUT2D eigenvalue weighted by Gasteiger charge is -2.37. The summed E-state index contributed by atoms with van der Waals surface area (Å²) >= 11 is 6.02. The SMILES string of the molecule is CNCC1(CCl)CCC(C)CC1. The Labute approximate surface area is 80.9 Å². The van der Waals surface area contributed by atoms with Crippen molar-refractivity contribution in [2.24, 2.45) is 11.3 Å². The highest BCUT2D eigenvalue weighted by Gasteiger charge is 2.32. The van der Waals surface area contributed by atoms with Gasteiger partial charge in [-0.3, -0.25) is 0 Å². The van der Waals surface area contributed by atoms with E-state index in [0.29, 0.717) is 5.41 Å². The van der Waals surface area contributed by atoms with Crippen LogP contribution in [-0.4, -0.2) is 19.5 Å². The van der Waals surface area contributed by atoms with Crippen molar-refractivity contribution in [2.75, 3.05) is 19.5 Å². The molecule has 2 heteroatoms. The van der Waals surface area contributed by atoms with E-state index in [2.05, 4.69) is 12.2 Å². The van der Waals surface area contributed by atoms with Gasteiger partial charge >= 0.3 is 0 Å². The van der Waals surface area contributed by atoms with E-state index in [-0.39, 0.29) is 0 Å². The van der Waals surface area contributed by atoms with Crippen LogP contribution in [0, 0.1) is 11.3 Å². The van der Waals surface area contributed by atoms with Gasteiger partial charge in [-0.1, -0.05) is 19.8 Å². The fourth-order valence-electron chi connectivity index (χ4n) is 2.11. The molecule has 0 heterocycles. The highest BCUT2D eigenvalue weighted by Crippen LogP contribution is 2.39. The predicted octanol–water partition coefficient (Wildman–Crippen LogP) is 2.64. The number of hydrogen-bond acceptors (Lipinski definition) is 1. The second-order valence-electron chi connectivity index (χ2n) is 4.35. The highest BCUT2D eigenvalue weighted by molar-refractivity contribution is 6.18. The van der Waals surface area contributed by atoms with Crippen LogP contribution in [0.1, 0.15) is 32.6 Å². The standard InChI is InChI=1S/C10H20ClN/c1-9-3-5-10(7-11,6-4-9)8-12-2/h9,12H,3-8H2,1-2H3. The Balaban J connectivity index is 2.45. The molecular formula is C10H20ClN. The van der Waals surface area contributed by atoms with E-state index >= 15 is 0 Å². The van der Waals surface area contributed by atoms with E-state index in [0.717, 1.165) is 18.3 Å². The van der Waals surface area contributed by atoms with Crippen LogP contribution < -0.4 is 5.32 Å². The summed E-state index contributed by atoms with van der Waals surface area (Å²) in [4.78, 5) is 0. The van der Waals surface area contributed by atoms with Crippen LogP contribution in [0.5, 0.6) is 0 Å². The smallest absolute Gasteiger partial charge is 0.0292 e. The van der Waals surface area contributed by atoms with Gasteiger partial charge in [0.2, 0.25) is 0 Å². The molecule has 0 amide bonds. The van der Waals surface area contributed by atoms with E-state index in [1.165, 1.54) is 25.7 Å². The summed E-state index contributed by atoms with van der Waals surface area (Å²) in [6, 6.07) is 0. The van der Waals surface area contributed by atoms with Crippen molar-refractivity contribution in [3.63, 3.8) is 0 Å². The first kappa shape index (κ1) is 10.3. The maximum absolute atomic E-state index is 6.02. The first-order chi connectivity index (χ1) is 5.72. The zero-order valence-corrected chi connectivity index (χ0v) is 8.95. The van der Waals surface area contributed by atoms with Crippen molar-refractivity contribution < 1.29 is 0 Å². The van der Waals surface area contributed by atoms with E-state index in [9.17, 15) is 0 Å². The molecule has 0 spiro atoms. The van der Waals surface area contributed by atoms with E-state index in [1.807, 2.05) is 7.05 Å². The van der Waals surface area contributed by atoms with Crippen LogP contribution in [0.25, 0.3) is 0 Å². The zero-order valence-electron chi connectivity index (χ0n) is 8.20. The molecule has 1 aliphatic carbocycles. The summed E-state index contributed by atoms with van der Waals surface area (Å²) in [5.74, 6) is 1.73. The molecule has 0 unspecified atom stereocenters. The first-order valence-electron chi connectivity index (χ1n) is 4.93. The number of nitrogens with one attached hydrogen (secondary N) is 1. The molecule has 0 bridgehead atoms. The Hall–Kier alpha value is 0.250. The van der Waals surface area contributed by atoms with Crippen LogP contribution in [-0.2, 0) is 0 Å². The quantitative estimate of drug-likeness (QED) is 0.674. The third-order valence-electron chi connectivity index (χ3n) is 3.17. The van der Waals surface area contributed by atoms with Crippen molar-refractivity contribution >= 4 is 11.6 Å². The summed E-state index contributed by atoms with van der Waals surface area (Å²) < 4.78 is 0. The van der Waals surface area contributed by atoms with Gasteiger partial charge in [-0.05, 0) is 31.2 Å². The third-order valence-corrected chi connectivity index (χ3v) is 3.74. The van der Waals surface area contributed by atoms with Crippen molar-refractivity contribution in [1.29, 1.82) is 0 Å². The number of alkyl halides is 1. The number of halogens is 1. The van der Waals surface area contributed by atoms with Crippen LogP contribution in [0.2, 0.25) is 0 Å². The lowest BCUT2D eigenvalue weighted by Crippen LogP contribution is -2.37. The van der Waals surface area contributed by atoms with Gasteiger partial charge in [-0.15, -0.1) is 11.6 Å². The van der Waals surface area contributed by atoms with E-state index in [1.54, 1.807) is 0 Å². The summed E-state index contributed by atoms with van der Waals surface area (Å²) in [6.07, 6.45) is 5.32. The minimum atomic E-state index is 0.406. The zero-order chi connectivity index (χ0) is 9.03. The van der Waals surface area contributed by atoms with Gasteiger partial charge in [-0.2, -0.15) is 0 Å². The molecule has 1 saturated carbocycles. The molecule has 1 N–H and O–H groups in total. The summed E-state index contributed by atoms with van der Waals surface area (Å²) in [7, 11) is 2.02. The molecule has 0 aliphatic heterocycles. The van der Waals surface area contributed by atoms with Gasteiger partial charge in [-0.25, -0.2) is 0 Å². The summed E-state index contributed by atoms with van der Waals surface area (Å²) in [6.45, 7) is 3.43. The lowest BCUT2D eigenvalue weighted by atomic mass is 9.72. The topological polar surface area (TPSA) is 12.0 Å². The van der Waals surface area contributed by atoms with E-state index in [4.69, 9.17) is 11.6 Å². The molecule has 0 saturated heterocycles. The Morgan fingerprint density at radius 1 is 1.42 bits per heavy atom.